The average molecular weight is 249 g/mol. The molecule has 5 nitrogen and oxygen atoms in total. The van der Waals surface area contributed by atoms with Crippen LogP contribution < -0.4 is 16.8 Å². The molecule has 18 heavy (non-hydrogen) atoms. The lowest BCUT2D eigenvalue weighted by molar-refractivity contribution is 0.0315. The summed E-state index contributed by atoms with van der Waals surface area (Å²) in [6.45, 7) is 3.51. The molecule has 1 saturated heterocycles. The summed E-state index contributed by atoms with van der Waals surface area (Å²) in [4.78, 5) is 11.3. The fourth-order valence-corrected chi connectivity index (χ4v) is 2.18. The van der Waals surface area contributed by atoms with Crippen LogP contribution in [0.15, 0.2) is 18.2 Å². The molecular formula is C13H19N3O2. The number of benzene rings is 1. The van der Waals surface area contributed by atoms with Crippen molar-refractivity contribution in [3.05, 3.63) is 23.8 Å². The summed E-state index contributed by atoms with van der Waals surface area (Å²) in [5.41, 5.74) is 12.5. The number of anilines is 2. The highest BCUT2D eigenvalue weighted by atomic mass is 16.5. The lowest BCUT2D eigenvalue weighted by Gasteiger charge is -2.24. The molecule has 1 atom stereocenters. The molecule has 1 aromatic rings. The zero-order valence-electron chi connectivity index (χ0n) is 10.5. The predicted molar refractivity (Wildman–Crippen MR) is 71.5 cm³/mol. The molecule has 1 unspecified atom stereocenters. The second-order valence-electron chi connectivity index (χ2n) is 4.92. The van der Waals surface area contributed by atoms with Crippen molar-refractivity contribution in [3.63, 3.8) is 0 Å². The number of carbonyl (C=O) groups excluding carboxylic acids is 1. The van der Waals surface area contributed by atoms with E-state index < -0.39 is 5.91 Å². The van der Waals surface area contributed by atoms with Crippen LogP contribution in [0.1, 0.15) is 30.1 Å². The summed E-state index contributed by atoms with van der Waals surface area (Å²) in [5, 5.41) is 3.22. The molecule has 1 aliphatic heterocycles. The number of ether oxygens (including phenoxy) is 1. The number of nitrogens with two attached hydrogens (primary N) is 2. The largest absolute Gasteiger partial charge is 0.399 e. The second kappa shape index (κ2) is 4.86. The van der Waals surface area contributed by atoms with Crippen molar-refractivity contribution in [2.45, 2.75) is 25.4 Å². The highest BCUT2D eigenvalue weighted by molar-refractivity contribution is 5.99. The molecule has 1 amide bonds. The summed E-state index contributed by atoms with van der Waals surface area (Å²) < 4.78 is 5.68. The molecule has 1 fully saturated rings. The van der Waals surface area contributed by atoms with Crippen molar-refractivity contribution in [3.8, 4) is 0 Å². The van der Waals surface area contributed by atoms with Crippen molar-refractivity contribution in [2.75, 3.05) is 24.2 Å². The summed E-state index contributed by atoms with van der Waals surface area (Å²) in [6.07, 6.45) is 2.09. The van der Waals surface area contributed by atoms with E-state index in [4.69, 9.17) is 16.2 Å². The smallest absolute Gasteiger partial charge is 0.250 e. The first-order chi connectivity index (χ1) is 8.50. The maximum Gasteiger partial charge on any atom is 0.250 e. The topological polar surface area (TPSA) is 90.4 Å². The zero-order valence-corrected chi connectivity index (χ0v) is 10.5. The minimum atomic E-state index is -0.484. The fourth-order valence-electron chi connectivity index (χ4n) is 2.18. The highest BCUT2D eigenvalue weighted by Gasteiger charge is 2.29. The Morgan fingerprint density at radius 2 is 2.33 bits per heavy atom. The van der Waals surface area contributed by atoms with Gasteiger partial charge in [0.1, 0.15) is 0 Å². The van der Waals surface area contributed by atoms with Gasteiger partial charge in [-0.1, -0.05) is 0 Å². The molecule has 5 N–H and O–H groups in total. The molecule has 0 saturated carbocycles. The van der Waals surface area contributed by atoms with Crippen molar-refractivity contribution < 1.29 is 9.53 Å². The minimum absolute atomic E-state index is 0.170. The Hall–Kier alpha value is -1.75. The van der Waals surface area contributed by atoms with Crippen LogP contribution in [0, 0.1) is 0 Å². The maximum atomic E-state index is 11.3. The number of primary amides is 1. The highest BCUT2D eigenvalue weighted by Crippen LogP contribution is 2.26. The number of carbonyl (C=O) groups is 1. The first-order valence-corrected chi connectivity index (χ1v) is 6.07. The second-order valence-corrected chi connectivity index (χ2v) is 4.92. The lowest BCUT2D eigenvalue weighted by atomic mass is 10.0. The Kier molecular flexibility index (Phi) is 3.43. The summed E-state index contributed by atoms with van der Waals surface area (Å²) in [6, 6.07) is 5.10. The van der Waals surface area contributed by atoms with Gasteiger partial charge in [-0.05, 0) is 38.0 Å². The number of nitrogen functional groups attached to an aromatic ring is 1. The molecule has 0 bridgehead atoms. The molecule has 0 spiro atoms. The van der Waals surface area contributed by atoms with E-state index in [-0.39, 0.29) is 5.60 Å². The Balaban J connectivity index is 2.11. The SMILES string of the molecule is CC1(CNc2ccc(N)cc2C(N)=O)CCCO1. The number of nitrogens with one attached hydrogen (secondary N) is 1. The molecule has 1 aliphatic rings. The van der Waals surface area contributed by atoms with Crippen LogP contribution in [-0.2, 0) is 4.74 Å². The molecule has 2 rings (SSSR count). The van der Waals surface area contributed by atoms with Gasteiger partial charge in [0, 0.05) is 24.5 Å². The van der Waals surface area contributed by atoms with Gasteiger partial charge in [-0.3, -0.25) is 4.79 Å². The number of hydrogen-bond acceptors (Lipinski definition) is 4. The Morgan fingerprint density at radius 3 is 2.94 bits per heavy atom. The first kappa shape index (κ1) is 12.7. The van der Waals surface area contributed by atoms with E-state index in [1.807, 2.05) is 0 Å². The van der Waals surface area contributed by atoms with E-state index in [1.54, 1.807) is 18.2 Å². The third-order valence-electron chi connectivity index (χ3n) is 3.26. The third-order valence-corrected chi connectivity index (χ3v) is 3.26. The van der Waals surface area contributed by atoms with Crippen LogP contribution in [0.2, 0.25) is 0 Å². The van der Waals surface area contributed by atoms with Crippen LogP contribution >= 0.6 is 0 Å². The Labute approximate surface area is 106 Å². The van der Waals surface area contributed by atoms with E-state index in [9.17, 15) is 4.79 Å². The van der Waals surface area contributed by atoms with Crippen LogP contribution in [-0.4, -0.2) is 24.7 Å². The van der Waals surface area contributed by atoms with Gasteiger partial charge in [-0.2, -0.15) is 0 Å². The normalized spacial score (nSPS) is 22.9. The van der Waals surface area contributed by atoms with Crippen molar-refractivity contribution >= 4 is 17.3 Å². The molecule has 0 aliphatic carbocycles. The van der Waals surface area contributed by atoms with Crippen molar-refractivity contribution in [1.29, 1.82) is 0 Å². The first-order valence-electron chi connectivity index (χ1n) is 6.07. The van der Waals surface area contributed by atoms with Crippen LogP contribution in [0.4, 0.5) is 11.4 Å². The summed E-state index contributed by atoms with van der Waals surface area (Å²) >= 11 is 0. The zero-order chi connectivity index (χ0) is 13.2. The molecule has 1 aromatic carbocycles. The monoisotopic (exact) mass is 249 g/mol. The molecule has 0 aromatic heterocycles. The third kappa shape index (κ3) is 2.73. The van der Waals surface area contributed by atoms with Gasteiger partial charge < -0.3 is 21.5 Å². The van der Waals surface area contributed by atoms with Gasteiger partial charge in [-0.25, -0.2) is 0 Å². The molecule has 5 heteroatoms. The quantitative estimate of drug-likeness (QED) is 0.702. The summed E-state index contributed by atoms with van der Waals surface area (Å²) in [5.74, 6) is -0.484. The summed E-state index contributed by atoms with van der Waals surface area (Å²) in [7, 11) is 0. The van der Waals surface area contributed by atoms with Gasteiger partial charge in [0.25, 0.3) is 5.91 Å². The van der Waals surface area contributed by atoms with Gasteiger partial charge in [0.2, 0.25) is 0 Å². The van der Waals surface area contributed by atoms with E-state index >= 15 is 0 Å². The average Bonchev–Trinajstić information content (AvgIpc) is 2.75. The fraction of sp³-hybridized carbons (Fsp3) is 0.462. The van der Waals surface area contributed by atoms with E-state index in [1.165, 1.54) is 0 Å². The molecule has 1 heterocycles. The van der Waals surface area contributed by atoms with E-state index in [2.05, 4.69) is 12.2 Å². The van der Waals surface area contributed by atoms with Crippen molar-refractivity contribution in [1.82, 2.24) is 0 Å². The van der Waals surface area contributed by atoms with Gasteiger partial charge >= 0.3 is 0 Å². The lowest BCUT2D eigenvalue weighted by Crippen LogP contribution is -2.33. The van der Waals surface area contributed by atoms with Gasteiger partial charge in [-0.15, -0.1) is 0 Å². The maximum absolute atomic E-state index is 11.3. The predicted octanol–water partition coefficient (Wildman–Crippen LogP) is 1.35. The van der Waals surface area contributed by atoms with Crippen LogP contribution in [0.3, 0.4) is 0 Å². The molecular weight excluding hydrogens is 230 g/mol. The Morgan fingerprint density at radius 1 is 1.56 bits per heavy atom. The molecule has 0 radical (unpaired) electrons. The molecule has 98 valence electrons. The number of rotatable bonds is 4. The van der Waals surface area contributed by atoms with E-state index in [0.717, 1.165) is 19.4 Å². The van der Waals surface area contributed by atoms with E-state index in [0.29, 0.717) is 23.5 Å². The Bertz CT molecular complexity index is 454. The van der Waals surface area contributed by atoms with Gasteiger partial charge in [0.05, 0.1) is 11.2 Å². The number of amides is 1. The van der Waals surface area contributed by atoms with Crippen molar-refractivity contribution in [2.24, 2.45) is 5.73 Å². The van der Waals surface area contributed by atoms with Crippen LogP contribution in [0.5, 0.6) is 0 Å². The van der Waals surface area contributed by atoms with Gasteiger partial charge in [0.15, 0.2) is 0 Å². The van der Waals surface area contributed by atoms with Crippen LogP contribution in [0.25, 0.3) is 0 Å². The standard InChI is InChI=1S/C13H19N3O2/c1-13(5-2-6-18-13)8-16-11-4-3-9(14)7-10(11)12(15)17/h3-4,7,16H,2,5-6,8,14H2,1H3,(H2,15,17). The minimum Gasteiger partial charge on any atom is -0.399 e. The number of hydrogen-bond donors (Lipinski definition) is 3.